The molecule has 1 heterocycles. The van der Waals surface area contributed by atoms with Gasteiger partial charge in [0, 0.05) is 11.4 Å². The van der Waals surface area contributed by atoms with Crippen LogP contribution in [0, 0.1) is 13.8 Å². The van der Waals surface area contributed by atoms with Gasteiger partial charge in [-0.05, 0) is 38.1 Å². The fourth-order valence-electron chi connectivity index (χ4n) is 1.60. The van der Waals surface area contributed by atoms with Crippen molar-refractivity contribution in [1.29, 1.82) is 0 Å². The second-order valence-electron chi connectivity index (χ2n) is 4.28. The van der Waals surface area contributed by atoms with Gasteiger partial charge < -0.3 is 0 Å². The molecule has 21 heavy (non-hydrogen) atoms. The minimum Gasteiger partial charge on any atom is -0.276 e. The van der Waals surface area contributed by atoms with Crippen LogP contribution in [0.3, 0.4) is 0 Å². The molecule has 2 rings (SSSR count). The molecule has 9 heteroatoms. The van der Waals surface area contributed by atoms with Crippen LogP contribution in [-0.4, -0.2) is 18.4 Å². The van der Waals surface area contributed by atoms with Gasteiger partial charge in [0.1, 0.15) is 0 Å². The summed E-state index contributed by atoms with van der Waals surface area (Å²) in [5, 5.41) is 0.434. The Morgan fingerprint density at radius 2 is 1.62 bits per heavy atom. The van der Waals surface area contributed by atoms with Gasteiger partial charge in [0.15, 0.2) is 0 Å². The molecule has 0 spiro atoms. The minimum absolute atomic E-state index is 0.0197. The molecule has 0 saturated heterocycles. The van der Waals surface area contributed by atoms with E-state index in [1.54, 1.807) is 19.9 Å². The maximum absolute atomic E-state index is 12.1. The third-order valence-corrected chi connectivity index (χ3v) is 4.47. The number of benzene rings is 1. The molecule has 0 fully saturated rings. The first-order valence-corrected chi connectivity index (χ1v) is 8.07. The van der Waals surface area contributed by atoms with E-state index < -0.39 is 10.0 Å². The SMILES string of the molecule is Cc1cc(C)nc(NNS(=O)(=O)c2ccc(Cl)c(Cl)c2)n1. The van der Waals surface area contributed by atoms with Gasteiger partial charge in [-0.25, -0.2) is 18.4 Å². The molecule has 2 aromatic rings. The fraction of sp³-hybridized carbons (Fsp3) is 0.167. The molecule has 0 aliphatic carbocycles. The lowest BCUT2D eigenvalue weighted by molar-refractivity contribution is 0.587. The van der Waals surface area contributed by atoms with Gasteiger partial charge in [-0.3, -0.25) is 5.43 Å². The van der Waals surface area contributed by atoms with Crippen molar-refractivity contribution in [3.05, 3.63) is 45.7 Å². The molecule has 0 radical (unpaired) electrons. The summed E-state index contributed by atoms with van der Waals surface area (Å²) in [6.45, 7) is 3.57. The number of sulfonamides is 1. The number of hydrogen-bond donors (Lipinski definition) is 2. The van der Waals surface area contributed by atoms with Gasteiger partial charge in [-0.15, -0.1) is 4.83 Å². The molecule has 0 aliphatic heterocycles. The van der Waals surface area contributed by atoms with E-state index in [4.69, 9.17) is 23.2 Å². The van der Waals surface area contributed by atoms with Crippen molar-refractivity contribution in [2.75, 3.05) is 5.43 Å². The molecule has 1 aromatic heterocycles. The second kappa shape index (κ2) is 6.15. The largest absolute Gasteiger partial charge is 0.276 e. The number of nitrogens with zero attached hydrogens (tertiary/aromatic N) is 2. The van der Waals surface area contributed by atoms with E-state index in [0.29, 0.717) is 0 Å². The van der Waals surface area contributed by atoms with Gasteiger partial charge in [0.2, 0.25) is 5.95 Å². The van der Waals surface area contributed by atoms with Gasteiger partial charge in [-0.2, -0.15) is 0 Å². The Morgan fingerprint density at radius 1 is 1.00 bits per heavy atom. The van der Waals surface area contributed by atoms with Crippen LogP contribution >= 0.6 is 23.2 Å². The monoisotopic (exact) mass is 346 g/mol. The van der Waals surface area contributed by atoms with Crippen LogP contribution in [0.15, 0.2) is 29.2 Å². The van der Waals surface area contributed by atoms with E-state index in [1.807, 2.05) is 0 Å². The lowest BCUT2D eigenvalue weighted by atomic mass is 10.4. The summed E-state index contributed by atoms with van der Waals surface area (Å²) in [5.74, 6) is 0.163. The smallest absolute Gasteiger partial charge is 0.257 e. The van der Waals surface area contributed by atoms with Crippen molar-refractivity contribution in [1.82, 2.24) is 14.8 Å². The van der Waals surface area contributed by atoms with Gasteiger partial charge >= 0.3 is 0 Å². The highest BCUT2D eigenvalue weighted by molar-refractivity contribution is 7.89. The first-order valence-electron chi connectivity index (χ1n) is 5.83. The molecular formula is C12H12Cl2N4O2S. The molecule has 2 N–H and O–H groups in total. The zero-order valence-electron chi connectivity index (χ0n) is 11.2. The number of anilines is 1. The van der Waals surface area contributed by atoms with E-state index in [2.05, 4.69) is 20.2 Å². The number of nitrogens with one attached hydrogen (secondary N) is 2. The first-order chi connectivity index (χ1) is 9.78. The van der Waals surface area contributed by atoms with Crippen molar-refractivity contribution < 1.29 is 8.42 Å². The Bertz CT molecular complexity index is 761. The lowest BCUT2D eigenvalue weighted by Gasteiger charge is -2.09. The van der Waals surface area contributed by atoms with Crippen LogP contribution in [0.25, 0.3) is 0 Å². The van der Waals surface area contributed by atoms with E-state index in [9.17, 15) is 8.42 Å². The summed E-state index contributed by atoms with van der Waals surface area (Å²) in [4.78, 5) is 10.3. The average molecular weight is 347 g/mol. The van der Waals surface area contributed by atoms with Crippen LogP contribution in [0.2, 0.25) is 10.0 Å². The summed E-state index contributed by atoms with van der Waals surface area (Å²) < 4.78 is 24.2. The first kappa shape index (κ1) is 16.0. The van der Waals surface area contributed by atoms with Crippen molar-refractivity contribution in [2.45, 2.75) is 18.7 Å². The Hall–Kier alpha value is -1.41. The summed E-state index contributed by atoms with van der Waals surface area (Å²) in [5.41, 5.74) is 3.90. The Labute approximate surface area is 132 Å². The third kappa shape index (κ3) is 4.04. The van der Waals surface area contributed by atoms with E-state index in [1.165, 1.54) is 18.2 Å². The number of hydrogen-bond acceptors (Lipinski definition) is 5. The predicted molar refractivity (Wildman–Crippen MR) is 81.9 cm³/mol. The molecule has 0 amide bonds. The van der Waals surface area contributed by atoms with Crippen molar-refractivity contribution >= 4 is 39.2 Å². The number of hydrazine groups is 1. The third-order valence-electron chi connectivity index (χ3n) is 2.48. The summed E-state index contributed by atoms with van der Waals surface area (Å²) >= 11 is 11.6. The second-order valence-corrected chi connectivity index (χ2v) is 6.78. The number of halogens is 2. The lowest BCUT2D eigenvalue weighted by Crippen LogP contribution is -2.30. The highest BCUT2D eigenvalue weighted by Crippen LogP contribution is 2.24. The molecular weight excluding hydrogens is 335 g/mol. The quantitative estimate of drug-likeness (QED) is 0.831. The van der Waals surface area contributed by atoms with Crippen LogP contribution < -0.4 is 10.3 Å². The molecule has 0 aliphatic rings. The van der Waals surface area contributed by atoms with Crippen molar-refractivity contribution in [2.24, 2.45) is 0 Å². The van der Waals surface area contributed by atoms with E-state index in [-0.39, 0.29) is 20.9 Å². The van der Waals surface area contributed by atoms with E-state index in [0.717, 1.165) is 11.4 Å². The standard InChI is InChI=1S/C12H12Cl2N4O2S/c1-7-5-8(2)16-12(15-7)17-18-21(19,20)9-3-4-10(13)11(14)6-9/h3-6,18H,1-2H3,(H,15,16,17). The molecule has 6 nitrogen and oxygen atoms in total. The zero-order chi connectivity index (χ0) is 15.6. The zero-order valence-corrected chi connectivity index (χ0v) is 13.5. The number of rotatable bonds is 4. The maximum atomic E-state index is 12.1. The van der Waals surface area contributed by atoms with Gasteiger partial charge in [0.05, 0.1) is 14.9 Å². The van der Waals surface area contributed by atoms with Crippen molar-refractivity contribution in [3.63, 3.8) is 0 Å². The van der Waals surface area contributed by atoms with Crippen LogP contribution in [0.5, 0.6) is 0 Å². The Balaban J connectivity index is 2.19. The summed E-state index contributed by atoms with van der Waals surface area (Å²) in [7, 11) is -3.81. The van der Waals surface area contributed by atoms with E-state index >= 15 is 0 Å². The van der Waals surface area contributed by atoms with Crippen LogP contribution in [0.4, 0.5) is 5.95 Å². The van der Waals surface area contributed by atoms with Crippen LogP contribution in [0.1, 0.15) is 11.4 Å². The Kier molecular flexibility index (Phi) is 4.67. The van der Waals surface area contributed by atoms with Crippen LogP contribution in [-0.2, 0) is 10.0 Å². The highest BCUT2D eigenvalue weighted by atomic mass is 35.5. The molecule has 0 atom stereocenters. The molecule has 1 aromatic carbocycles. The Morgan fingerprint density at radius 3 is 2.19 bits per heavy atom. The normalized spacial score (nSPS) is 11.4. The van der Waals surface area contributed by atoms with Gasteiger partial charge in [0.25, 0.3) is 10.0 Å². The molecule has 112 valence electrons. The predicted octanol–water partition coefficient (Wildman–Crippen LogP) is 2.71. The maximum Gasteiger partial charge on any atom is 0.257 e. The summed E-state index contributed by atoms with van der Waals surface area (Å²) in [6.07, 6.45) is 0. The average Bonchev–Trinajstić information content (AvgIpc) is 2.38. The fourth-order valence-corrected chi connectivity index (χ4v) is 2.82. The minimum atomic E-state index is -3.81. The number of aryl methyl sites for hydroxylation is 2. The number of aromatic nitrogens is 2. The van der Waals surface area contributed by atoms with Gasteiger partial charge in [-0.1, -0.05) is 23.2 Å². The molecule has 0 saturated carbocycles. The summed E-state index contributed by atoms with van der Waals surface area (Å²) in [6, 6.07) is 5.79. The topological polar surface area (TPSA) is 84.0 Å². The highest BCUT2D eigenvalue weighted by Gasteiger charge is 2.15. The molecule has 0 bridgehead atoms. The van der Waals surface area contributed by atoms with Crippen molar-refractivity contribution in [3.8, 4) is 0 Å². The molecule has 0 unspecified atom stereocenters.